The molecule has 0 saturated carbocycles. The van der Waals surface area contributed by atoms with Crippen LogP contribution >= 0.6 is 11.6 Å². The van der Waals surface area contributed by atoms with E-state index in [9.17, 15) is 5.11 Å². The third kappa shape index (κ3) is 2.18. The topological polar surface area (TPSA) is 20.2 Å². The van der Waals surface area contributed by atoms with E-state index in [0.717, 1.165) is 5.56 Å². The van der Waals surface area contributed by atoms with E-state index in [1.807, 2.05) is 0 Å². The Morgan fingerprint density at radius 2 is 2.25 bits per heavy atom. The summed E-state index contributed by atoms with van der Waals surface area (Å²) in [4.78, 5) is 0. The first-order valence-electron chi connectivity index (χ1n) is 3.61. The molecular weight excluding hydrogens is 172 g/mol. The second-order valence-electron chi connectivity index (χ2n) is 2.38. The molecule has 0 heterocycles. The summed E-state index contributed by atoms with van der Waals surface area (Å²) in [6, 6.07) is 5.05. The molecule has 0 saturated heterocycles. The van der Waals surface area contributed by atoms with E-state index in [2.05, 4.69) is 11.8 Å². The summed E-state index contributed by atoms with van der Waals surface area (Å²) in [5.74, 6) is 5.85. The third-order valence-electron chi connectivity index (χ3n) is 1.50. The number of rotatable bonds is 1. The lowest BCUT2D eigenvalue weighted by Gasteiger charge is -1.99. The molecule has 0 aliphatic carbocycles. The summed E-state index contributed by atoms with van der Waals surface area (Å²) in [5.41, 5.74) is 0.814. The lowest BCUT2D eigenvalue weighted by Crippen LogP contribution is -1.81. The highest BCUT2D eigenvalue weighted by atomic mass is 35.5. The van der Waals surface area contributed by atoms with E-state index in [-0.39, 0.29) is 5.75 Å². The zero-order valence-electron chi connectivity index (χ0n) is 6.76. The van der Waals surface area contributed by atoms with Crippen molar-refractivity contribution in [2.24, 2.45) is 0 Å². The molecule has 62 valence electrons. The smallest absolute Gasteiger partial charge is 0.121 e. The van der Waals surface area contributed by atoms with Gasteiger partial charge in [-0.25, -0.2) is 0 Å². The van der Waals surface area contributed by atoms with Gasteiger partial charge in [-0.15, -0.1) is 5.92 Å². The van der Waals surface area contributed by atoms with E-state index < -0.39 is 0 Å². The van der Waals surface area contributed by atoms with Gasteiger partial charge in [-0.1, -0.05) is 23.6 Å². The highest BCUT2D eigenvalue weighted by Gasteiger charge is 1.98. The molecule has 1 rings (SSSR count). The van der Waals surface area contributed by atoms with Crippen molar-refractivity contribution in [3.63, 3.8) is 0 Å². The van der Waals surface area contributed by atoms with Crippen LogP contribution in [0.4, 0.5) is 0 Å². The van der Waals surface area contributed by atoms with Gasteiger partial charge in [0.2, 0.25) is 0 Å². The fraction of sp³-hybridized carbons (Fsp3) is 0.200. The van der Waals surface area contributed by atoms with Crippen LogP contribution in [-0.2, 0) is 6.42 Å². The Morgan fingerprint density at radius 3 is 2.83 bits per heavy atom. The number of hydrogen-bond donors (Lipinski definition) is 1. The fourth-order valence-electron chi connectivity index (χ4n) is 0.870. The predicted octanol–water partition coefficient (Wildman–Crippen LogP) is 2.61. The van der Waals surface area contributed by atoms with Crippen LogP contribution in [0.25, 0.3) is 0 Å². The molecular formula is C10H9ClO. The minimum absolute atomic E-state index is 0.213. The minimum atomic E-state index is 0.213. The van der Waals surface area contributed by atoms with Gasteiger partial charge in [-0.2, -0.15) is 0 Å². The summed E-state index contributed by atoms with van der Waals surface area (Å²) in [5, 5.41) is 9.91. The van der Waals surface area contributed by atoms with Crippen molar-refractivity contribution in [1.82, 2.24) is 0 Å². The van der Waals surface area contributed by atoms with E-state index in [1.54, 1.807) is 19.1 Å². The Labute approximate surface area is 77.0 Å². The lowest BCUT2D eigenvalue weighted by atomic mass is 10.1. The van der Waals surface area contributed by atoms with Crippen molar-refractivity contribution in [2.45, 2.75) is 13.3 Å². The van der Waals surface area contributed by atoms with E-state index in [1.165, 1.54) is 6.07 Å². The molecule has 0 fully saturated rings. The zero-order valence-corrected chi connectivity index (χ0v) is 7.52. The quantitative estimate of drug-likeness (QED) is 0.659. The Kier molecular flexibility index (Phi) is 3.01. The number of halogens is 1. The number of aromatic hydroxyl groups is 1. The largest absolute Gasteiger partial charge is 0.508 e. The number of benzene rings is 1. The van der Waals surface area contributed by atoms with Gasteiger partial charge >= 0.3 is 0 Å². The Balaban J connectivity index is 2.91. The van der Waals surface area contributed by atoms with Gasteiger partial charge in [-0.05, 0) is 19.1 Å². The summed E-state index contributed by atoms with van der Waals surface area (Å²) < 4.78 is 0. The average molecular weight is 181 g/mol. The maximum Gasteiger partial charge on any atom is 0.121 e. The van der Waals surface area contributed by atoms with Crippen LogP contribution in [0, 0.1) is 11.8 Å². The molecule has 0 aromatic heterocycles. The highest BCUT2D eigenvalue weighted by Crippen LogP contribution is 2.21. The third-order valence-corrected chi connectivity index (χ3v) is 1.74. The van der Waals surface area contributed by atoms with Crippen LogP contribution in [0.5, 0.6) is 5.75 Å². The molecule has 2 heteroatoms. The van der Waals surface area contributed by atoms with E-state index >= 15 is 0 Å². The predicted molar refractivity (Wildman–Crippen MR) is 50.3 cm³/mol. The minimum Gasteiger partial charge on any atom is -0.508 e. The van der Waals surface area contributed by atoms with Gasteiger partial charge in [0, 0.05) is 17.0 Å². The standard InChI is InChI=1S/C10H9ClO/c1-2-3-4-8-5-6-9(11)7-10(8)12/h5-7,12H,4H2,1H3. The van der Waals surface area contributed by atoms with Crippen molar-refractivity contribution in [2.75, 3.05) is 0 Å². The zero-order chi connectivity index (χ0) is 8.97. The molecule has 0 aliphatic rings. The van der Waals surface area contributed by atoms with Gasteiger partial charge in [0.05, 0.1) is 0 Å². The summed E-state index contributed by atoms with van der Waals surface area (Å²) in [7, 11) is 0. The van der Waals surface area contributed by atoms with Crippen LogP contribution in [0.2, 0.25) is 5.02 Å². The van der Waals surface area contributed by atoms with Gasteiger partial charge < -0.3 is 5.11 Å². The van der Waals surface area contributed by atoms with Crippen LogP contribution < -0.4 is 0 Å². The Bertz CT molecular complexity index is 333. The van der Waals surface area contributed by atoms with Gasteiger partial charge in [0.1, 0.15) is 5.75 Å². The maximum absolute atomic E-state index is 9.37. The molecule has 0 bridgehead atoms. The first-order chi connectivity index (χ1) is 5.74. The first kappa shape index (κ1) is 8.96. The molecule has 0 radical (unpaired) electrons. The van der Waals surface area contributed by atoms with Crippen molar-refractivity contribution >= 4 is 11.6 Å². The van der Waals surface area contributed by atoms with Gasteiger partial charge in [0.25, 0.3) is 0 Å². The number of phenols is 1. The molecule has 0 atom stereocenters. The summed E-state index contributed by atoms with van der Waals surface area (Å²) >= 11 is 5.65. The Morgan fingerprint density at radius 1 is 1.50 bits per heavy atom. The van der Waals surface area contributed by atoms with Crippen LogP contribution in [0.15, 0.2) is 18.2 Å². The molecule has 0 amide bonds. The average Bonchev–Trinajstić information content (AvgIpc) is 2.03. The number of phenolic OH excluding ortho intramolecular Hbond substituents is 1. The molecule has 1 N–H and O–H groups in total. The van der Waals surface area contributed by atoms with E-state index in [0.29, 0.717) is 11.4 Å². The van der Waals surface area contributed by atoms with Gasteiger partial charge in [-0.3, -0.25) is 0 Å². The SMILES string of the molecule is CC#CCc1ccc(Cl)cc1O. The van der Waals surface area contributed by atoms with Crippen molar-refractivity contribution in [1.29, 1.82) is 0 Å². The first-order valence-corrected chi connectivity index (χ1v) is 3.99. The van der Waals surface area contributed by atoms with Crippen molar-refractivity contribution in [3.05, 3.63) is 28.8 Å². The fourth-order valence-corrected chi connectivity index (χ4v) is 1.04. The highest BCUT2D eigenvalue weighted by molar-refractivity contribution is 6.30. The summed E-state index contributed by atoms with van der Waals surface area (Å²) in [6.07, 6.45) is 0.569. The van der Waals surface area contributed by atoms with Crippen molar-refractivity contribution in [3.8, 4) is 17.6 Å². The molecule has 0 spiro atoms. The van der Waals surface area contributed by atoms with Crippen LogP contribution in [-0.4, -0.2) is 5.11 Å². The van der Waals surface area contributed by atoms with Crippen molar-refractivity contribution < 1.29 is 5.11 Å². The molecule has 1 aromatic carbocycles. The monoisotopic (exact) mass is 180 g/mol. The summed E-state index contributed by atoms with van der Waals surface area (Å²) in [6.45, 7) is 1.77. The van der Waals surface area contributed by atoms with Gasteiger partial charge in [0.15, 0.2) is 0 Å². The lowest BCUT2D eigenvalue weighted by molar-refractivity contribution is 0.470. The molecule has 0 unspecified atom stereocenters. The molecule has 0 aliphatic heterocycles. The maximum atomic E-state index is 9.37. The normalized spacial score (nSPS) is 8.83. The number of hydrogen-bond acceptors (Lipinski definition) is 1. The van der Waals surface area contributed by atoms with Crippen LogP contribution in [0.1, 0.15) is 12.5 Å². The Hall–Kier alpha value is -1.13. The second kappa shape index (κ2) is 4.04. The van der Waals surface area contributed by atoms with Crippen LogP contribution in [0.3, 0.4) is 0 Å². The molecule has 1 aromatic rings. The second-order valence-corrected chi connectivity index (χ2v) is 2.81. The molecule has 1 nitrogen and oxygen atoms in total. The molecule has 12 heavy (non-hydrogen) atoms. The van der Waals surface area contributed by atoms with E-state index in [4.69, 9.17) is 11.6 Å².